The molecule has 5 heteroatoms. The van der Waals surface area contributed by atoms with E-state index in [1.807, 2.05) is 12.1 Å². The molecule has 0 bridgehead atoms. The van der Waals surface area contributed by atoms with Crippen LogP contribution < -0.4 is 5.32 Å². The second-order valence-electron chi connectivity index (χ2n) is 7.37. The average molecular weight is 356 g/mol. The van der Waals surface area contributed by atoms with Crippen LogP contribution in [0.5, 0.6) is 0 Å². The Kier molecular flexibility index (Phi) is 4.86. The summed E-state index contributed by atoms with van der Waals surface area (Å²) < 4.78 is 0. The molecule has 132 valence electrons. The van der Waals surface area contributed by atoms with Gasteiger partial charge < -0.3 is 0 Å². The highest BCUT2D eigenvalue weighted by Gasteiger charge is 2.20. The highest BCUT2D eigenvalue weighted by molar-refractivity contribution is 7.15. The monoisotopic (exact) mass is 355 g/mol. The van der Waals surface area contributed by atoms with Gasteiger partial charge >= 0.3 is 0 Å². The fraction of sp³-hybridized carbons (Fsp3) is 0.500. The molecule has 0 saturated carbocycles. The summed E-state index contributed by atoms with van der Waals surface area (Å²) in [6, 6.07) is 8.00. The molecule has 25 heavy (non-hydrogen) atoms. The number of aryl methyl sites for hydroxylation is 1. The lowest BCUT2D eigenvalue weighted by molar-refractivity contribution is 0.102. The Morgan fingerprint density at radius 2 is 2.04 bits per heavy atom. The quantitative estimate of drug-likeness (QED) is 0.897. The summed E-state index contributed by atoms with van der Waals surface area (Å²) in [7, 11) is 0. The third-order valence-electron chi connectivity index (χ3n) is 5.23. The standard InChI is InChI=1S/C20H25N3OS/c1-14-4-9-17-18(12-14)25-20(21-17)22-19(24)16-7-5-15(6-8-16)13-23-10-2-3-11-23/h5-8,14H,2-4,9-13H2,1H3,(H,21,22,24). The van der Waals surface area contributed by atoms with E-state index in [2.05, 4.69) is 34.3 Å². The van der Waals surface area contributed by atoms with E-state index in [1.165, 1.54) is 48.5 Å². The summed E-state index contributed by atoms with van der Waals surface area (Å²) in [5.41, 5.74) is 3.16. The van der Waals surface area contributed by atoms with Crippen molar-refractivity contribution in [3.05, 3.63) is 46.0 Å². The Labute approximate surface area is 153 Å². The zero-order valence-corrected chi connectivity index (χ0v) is 15.6. The lowest BCUT2D eigenvalue weighted by Crippen LogP contribution is -2.18. The van der Waals surface area contributed by atoms with E-state index in [9.17, 15) is 4.79 Å². The van der Waals surface area contributed by atoms with Crippen LogP contribution in [0.4, 0.5) is 5.13 Å². The number of thiazole rings is 1. The minimum Gasteiger partial charge on any atom is -0.299 e. The minimum absolute atomic E-state index is 0.0631. The maximum Gasteiger partial charge on any atom is 0.257 e. The van der Waals surface area contributed by atoms with Crippen molar-refractivity contribution in [2.45, 2.75) is 45.6 Å². The fourth-order valence-electron chi connectivity index (χ4n) is 3.72. The molecule has 1 N–H and O–H groups in total. The second-order valence-corrected chi connectivity index (χ2v) is 8.45. The number of benzene rings is 1. The van der Waals surface area contributed by atoms with Gasteiger partial charge in [-0.15, -0.1) is 11.3 Å². The first kappa shape index (κ1) is 16.7. The van der Waals surface area contributed by atoms with Gasteiger partial charge in [0.25, 0.3) is 5.91 Å². The molecule has 1 aromatic heterocycles. The van der Waals surface area contributed by atoms with Gasteiger partial charge in [0.1, 0.15) is 0 Å². The summed E-state index contributed by atoms with van der Waals surface area (Å²) in [5.74, 6) is 0.659. The van der Waals surface area contributed by atoms with Crippen LogP contribution in [0.25, 0.3) is 0 Å². The van der Waals surface area contributed by atoms with E-state index in [0.717, 1.165) is 30.4 Å². The molecule has 4 nitrogen and oxygen atoms in total. The molecule has 1 atom stereocenters. The Hall–Kier alpha value is -1.72. The van der Waals surface area contributed by atoms with Gasteiger partial charge in [-0.3, -0.25) is 15.0 Å². The third-order valence-corrected chi connectivity index (χ3v) is 6.26. The summed E-state index contributed by atoms with van der Waals surface area (Å²) in [6.45, 7) is 5.65. The Bertz CT molecular complexity index is 747. The topological polar surface area (TPSA) is 45.2 Å². The van der Waals surface area contributed by atoms with Gasteiger partial charge in [0.15, 0.2) is 5.13 Å². The van der Waals surface area contributed by atoms with Crippen molar-refractivity contribution in [2.24, 2.45) is 5.92 Å². The van der Waals surface area contributed by atoms with E-state index < -0.39 is 0 Å². The Morgan fingerprint density at radius 3 is 2.80 bits per heavy atom. The van der Waals surface area contributed by atoms with Gasteiger partial charge in [0.05, 0.1) is 5.69 Å². The molecule has 2 heterocycles. The molecular weight excluding hydrogens is 330 g/mol. The highest BCUT2D eigenvalue weighted by Crippen LogP contribution is 2.32. The van der Waals surface area contributed by atoms with Crippen LogP contribution in [-0.2, 0) is 19.4 Å². The molecule has 1 unspecified atom stereocenters. The van der Waals surface area contributed by atoms with Crippen molar-refractivity contribution in [3.63, 3.8) is 0 Å². The molecule has 2 aromatic rings. The predicted molar refractivity (Wildman–Crippen MR) is 102 cm³/mol. The lowest BCUT2D eigenvalue weighted by atomic mass is 9.93. The first-order valence-corrected chi connectivity index (χ1v) is 10.1. The van der Waals surface area contributed by atoms with E-state index in [-0.39, 0.29) is 5.91 Å². The van der Waals surface area contributed by atoms with E-state index in [4.69, 9.17) is 0 Å². The zero-order valence-electron chi connectivity index (χ0n) is 14.8. The third kappa shape index (κ3) is 3.93. The summed E-state index contributed by atoms with van der Waals surface area (Å²) in [4.78, 5) is 20.9. The number of amides is 1. The van der Waals surface area contributed by atoms with Gasteiger partial charge in [-0.25, -0.2) is 4.98 Å². The van der Waals surface area contributed by atoms with Crippen molar-refractivity contribution >= 4 is 22.4 Å². The fourth-order valence-corrected chi connectivity index (χ4v) is 4.89. The predicted octanol–water partition coefficient (Wildman–Crippen LogP) is 4.12. The minimum atomic E-state index is -0.0631. The Balaban J connectivity index is 1.39. The smallest absolute Gasteiger partial charge is 0.257 e. The van der Waals surface area contributed by atoms with Crippen molar-refractivity contribution in [3.8, 4) is 0 Å². The summed E-state index contributed by atoms with van der Waals surface area (Å²) >= 11 is 1.64. The largest absolute Gasteiger partial charge is 0.299 e. The molecular formula is C20H25N3OS. The number of fused-ring (bicyclic) bond motifs is 1. The van der Waals surface area contributed by atoms with Gasteiger partial charge in [0, 0.05) is 17.0 Å². The Morgan fingerprint density at radius 1 is 1.28 bits per heavy atom. The molecule has 1 saturated heterocycles. The molecule has 4 rings (SSSR count). The van der Waals surface area contributed by atoms with Crippen LogP contribution in [-0.4, -0.2) is 28.9 Å². The van der Waals surface area contributed by atoms with Crippen LogP contribution in [0.2, 0.25) is 0 Å². The van der Waals surface area contributed by atoms with E-state index in [0.29, 0.717) is 5.56 Å². The molecule has 1 amide bonds. The number of rotatable bonds is 4. The summed E-state index contributed by atoms with van der Waals surface area (Å²) in [5, 5.41) is 3.72. The van der Waals surface area contributed by atoms with Gasteiger partial charge in [-0.2, -0.15) is 0 Å². The highest BCUT2D eigenvalue weighted by atomic mass is 32.1. The van der Waals surface area contributed by atoms with Gasteiger partial charge in [-0.1, -0.05) is 19.1 Å². The normalized spacial score (nSPS) is 20.4. The van der Waals surface area contributed by atoms with Gasteiger partial charge in [0.2, 0.25) is 0 Å². The molecule has 2 aliphatic rings. The number of hydrogen-bond acceptors (Lipinski definition) is 4. The van der Waals surface area contributed by atoms with Crippen LogP contribution in [0.15, 0.2) is 24.3 Å². The van der Waals surface area contributed by atoms with Gasteiger partial charge in [-0.05, 0) is 68.8 Å². The van der Waals surface area contributed by atoms with Crippen LogP contribution in [0, 0.1) is 5.92 Å². The number of likely N-dealkylation sites (tertiary alicyclic amines) is 1. The van der Waals surface area contributed by atoms with Crippen molar-refractivity contribution < 1.29 is 4.79 Å². The number of nitrogens with zero attached hydrogens (tertiary/aromatic N) is 2. The van der Waals surface area contributed by atoms with Crippen LogP contribution in [0.3, 0.4) is 0 Å². The first-order valence-electron chi connectivity index (χ1n) is 9.28. The molecule has 1 aliphatic heterocycles. The number of aromatic nitrogens is 1. The molecule has 1 aromatic carbocycles. The first-order chi connectivity index (χ1) is 12.2. The molecule has 0 radical (unpaired) electrons. The summed E-state index contributed by atoms with van der Waals surface area (Å²) in [6.07, 6.45) is 5.93. The van der Waals surface area contributed by atoms with Crippen LogP contribution >= 0.6 is 11.3 Å². The van der Waals surface area contributed by atoms with Crippen LogP contribution in [0.1, 0.15) is 52.7 Å². The molecule has 1 aliphatic carbocycles. The SMILES string of the molecule is CC1CCc2nc(NC(=O)c3ccc(CN4CCCC4)cc3)sc2C1. The van der Waals surface area contributed by atoms with E-state index >= 15 is 0 Å². The molecule has 1 fully saturated rings. The second kappa shape index (κ2) is 7.26. The van der Waals surface area contributed by atoms with E-state index in [1.54, 1.807) is 11.3 Å². The zero-order chi connectivity index (χ0) is 17.2. The molecule has 0 spiro atoms. The van der Waals surface area contributed by atoms with Crippen molar-refractivity contribution in [1.82, 2.24) is 9.88 Å². The van der Waals surface area contributed by atoms with Crippen molar-refractivity contribution in [2.75, 3.05) is 18.4 Å². The maximum atomic E-state index is 12.5. The number of nitrogens with one attached hydrogen (secondary N) is 1. The number of anilines is 1. The maximum absolute atomic E-state index is 12.5. The average Bonchev–Trinajstić information content (AvgIpc) is 3.24. The number of carbonyl (C=O) groups is 1. The number of carbonyl (C=O) groups excluding carboxylic acids is 1. The lowest BCUT2D eigenvalue weighted by Gasteiger charge is -2.15. The number of hydrogen-bond donors (Lipinski definition) is 1. The van der Waals surface area contributed by atoms with Crippen molar-refractivity contribution in [1.29, 1.82) is 0 Å².